The van der Waals surface area contributed by atoms with Gasteiger partial charge in [0, 0.05) is 27.9 Å². The molecule has 0 bridgehead atoms. The van der Waals surface area contributed by atoms with Crippen LogP contribution in [0.25, 0.3) is 10.2 Å². The molecule has 7 nitrogen and oxygen atoms in total. The first kappa shape index (κ1) is 21.8. The number of rotatable bonds is 3. The molecule has 0 spiro atoms. The summed E-state index contributed by atoms with van der Waals surface area (Å²) in [5.41, 5.74) is 8.34. The van der Waals surface area contributed by atoms with Crippen molar-refractivity contribution in [2.45, 2.75) is 37.1 Å². The van der Waals surface area contributed by atoms with E-state index in [4.69, 9.17) is 22.1 Å². The number of benzene rings is 1. The first-order valence-corrected chi connectivity index (χ1v) is 12.2. The van der Waals surface area contributed by atoms with Crippen LogP contribution >= 0.6 is 35.6 Å². The minimum absolute atomic E-state index is 0.00114. The molecule has 168 valence electrons. The molecule has 3 heterocycles. The van der Waals surface area contributed by atoms with Crippen molar-refractivity contribution < 1.29 is 9.53 Å². The summed E-state index contributed by atoms with van der Waals surface area (Å²) in [6, 6.07) is 3.60. The molecule has 1 saturated heterocycles. The van der Waals surface area contributed by atoms with Gasteiger partial charge in [0.05, 0.1) is 35.4 Å². The van der Waals surface area contributed by atoms with Crippen molar-refractivity contribution in [2.24, 2.45) is 5.92 Å². The van der Waals surface area contributed by atoms with Gasteiger partial charge in [-0.1, -0.05) is 11.6 Å². The van der Waals surface area contributed by atoms with Crippen molar-refractivity contribution in [1.29, 1.82) is 0 Å². The van der Waals surface area contributed by atoms with E-state index in [9.17, 15) is 4.79 Å². The number of amides is 1. The Hall–Kier alpha value is -2.07. The van der Waals surface area contributed by atoms with Crippen LogP contribution in [0.1, 0.15) is 23.8 Å². The lowest BCUT2D eigenvalue weighted by molar-refractivity contribution is -0.143. The number of hydrogen-bond donors (Lipinski definition) is 3. The van der Waals surface area contributed by atoms with E-state index in [1.807, 2.05) is 4.90 Å². The zero-order valence-corrected chi connectivity index (χ0v) is 20.1. The predicted molar refractivity (Wildman–Crippen MR) is 131 cm³/mol. The van der Waals surface area contributed by atoms with Crippen molar-refractivity contribution >= 4 is 68.9 Å². The monoisotopic (exact) mass is 489 g/mol. The lowest BCUT2D eigenvalue weighted by Crippen LogP contribution is -2.50. The van der Waals surface area contributed by atoms with Crippen LogP contribution in [0.2, 0.25) is 5.02 Å². The molecule has 10 heteroatoms. The highest BCUT2D eigenvalue weighted by molar-refractivity contribution is 7.80. The first-order chi connectivity index (χ1) is 15.4. The van der Waals surface area contributed by atoms with Crippen LogP contribution < -0.4 is 11.1 Å². The number of aryl methyl sites for hydroxylation is 1. The number of thiol groups is 1. The average Bonchev–Trinajstić information content (AvgIpc) is 3.16. The standard InChI is InChI=1S/C22H24ClN5O2S2/c1-11-9-30-5-4-28(11)22(29)12-2-3-13-18(6-12)32-21-19(13)20(25-10-26-21)27-16-8-17(31)15(24)7-14(16)23/h7-8,10-12,31H,2-6,9,24H2,1H3,(H,25,26,27). The van der Waals surface area contributed by atoms with Gasteiger partial charge < -0.3 is 20.7 Å². The molecule has 2 unspecified atom stereocenters. The quantitative estimate of drug-likeness (QED) is 0.375. The highest BCUT2D eigenvalue weighted by Gasteiger charge is 2.34. The van der Waals surface area contributed by atoms with E-state index in [0.29, 0.717) is 46.9 Å². The maximum Gasteiger partial charge on any atom is 0.226 e. The van der Waals surface area contributed by atoms with Crippen molar-refractivity contribution in [2.75, 3.05) is 30.8 Å². The number of fused-ring (bicyclic) bond motifs is 3. The van der Waals surface area contributed by atoms with Crippen molar-refractivity contribution in [3.63, 3.8) is 0 Å². The number of hydrogen-bond acceptors (Lipinski definition) is 8. The number of ether oxygens (including phenoxy) is 1. The Bertz CT molecular complexity index is 1200. The number of carbonyl (C=O) groups excluding carboxylic acids is 1. The molecule has 2 aromatic heterocycles. The van der Waals surface area contributed by atoms with E-state index in [1.165, 1.54) is 10.4 Å². The highest BCUT2D eigenvalue weighted by atomic mass is 35.5. The molecule has 32 heavy (non-hydrogen) atoms. The van der Waals surface area contributed by atoms with Crippen LogP contribution in [-0.4, -0.2) is 46.6 Å². The van der Waals surface area contributed by atoms with Crippen molar-refractivity contribution in [1.82, 2.24) is 14.9 Å². The molecule has 0 saturated carbocycles. The maximum absolute atomic E-state index is 13.2. The molecular weight excluding hydrogens is 466 g/mol. The Balaban J connectivity index is 1.44. The van der Waals surface area contributed by atoms with Crippen LogP contribution in [0.4, 0.5) is 17.2 Å². The van der Waals surface area contributed by atoms with E-state index in [1.54, 1.807) is 29.8 Å². The summed E-state index contributed by atoms with van der Waals surface area (Å²) in [7, 11) is 0. The summed E-state index contributed by atoms with van der Waals surface area (Å²) in [5, 5.41) is 4.85. The number of morpholine rings is 1. The third-order valence-corrected chi connectivity index (χ3v) is 8.08. The van der Waals surface area contributed by atoms with E-state index < -0.39 is 0 Å². The molecule has 0 radical (unpaired) electrons. The normalized spacial score (nSPS) is 20.9. The summed E-state index contributed by atoms with van der Waals surface area (Å²) in [5.74, 6) is 0.945. The molecule has 2 aliphatic rings. The summed E-state index contributed by atoms with van der Waals surface area (Å²) in [6.45, 7) is 3.95. The van der Waals surface area contributed by atoms with Crippen LogP contribution in [0.3, 0.4) is 0 Å². The summed E-state index contributed by atoms with van der Waals surface area (Å²) in [4.78, 5) is 27.0. The van der Waals surface area contributed by atoms with Crippen LogP contribution in [0, 0.1) is 5.92 Å². The SMILES string of the molecule is CC1COCCN1C(=O)C1CCc2c(sc3ncnc(Nc4cc(S)c(N)cc4Cl)c23)C1. The highest BCUT2D eigenvalue weighted by Crippen LogP contribution is 2.42. The minimum atomic E-state index is -0.00114. The Morgan fingerprint density at radius 3 is 3.06 bits per heavy atom. The molecule has 1 aromatic carbocycles. The topological polar surface area (TPSA) is 93.4 Å². The number of halogens is 1. The molecule has 1 aliphatic heterocycles. The molecule has 2 atom stereocenters. The Morgan fingerprint density at radius 1 is 1.41 bits per heavy atom. The molecule has 1 fully saturated rings. The van der Waals surface area contributed by atoms with E-state index in [-0.39, 0.29) is 17.9 Å². The summed E-state index contributed by atoms with van der Waals surface area (Å²) in [6.07, 6.45) is 3.93. The van der Waals surface area contributed by atoms with Gasteiger partial charge in [0.1, 0.15) is 17.0 Å². The molecule has 1 amide bonds. The largest absolute Gasteiger partial charge is 0.398 e. The number of thiophene rings is 1. The van der Waals surface area contributed by atoms with E-state index in [2.05, 4.69) is 34.8 Å². The zero-order valence-electron chi connectivity index (χ0n) is 17.6. The van der Waals surface area contributed by atoms with E-state index >= 15 is 0 Å². The van der Waals surface area contributed by atoms with Gasteiger partial charge >= 0.3 is 0 Å². The van der Waals surface area contributed by atoms with Gasteiger partial charge in [-0.25, -0.2) is 9.97 Å². The first-order valence-electron chi connectivity index (χ1n) is 10.6. The van der Waals surface area contributed by atoms with Gasteiger partial charge in [-0.3, -0.25) is 4.79 Å². The lowest BCUT2D eigenvalue weighted by Gasteiger charge is -2.36. The third kappa shape index (κ3) is 3.91. The second-order valence-electron chi connectivity index (χ2n) is 8.32. The van der Waals surface area contributed by atoms with Crippen LogP contribution in [0.15, 0.2) is 23.4 Å². The van der Waals surface area contributed by atoms with Crippen molar-refractivity contribution in [3.05, 3.63) is 33.9 Å². The number of nitrogens with zero attached hydrogens (tertiary/aromatic N) is 3. The fourth-order valence-corrected chi connectivity index (χ4v) is 6.19. The second-order valence-corrected chi connectivity index (χ2v) is 10.3. The molecular formula is C22H24ClN5O2S2. The minimum Gasteiger partial charge on any atom is -0.398 e. The van der Waals surface area contributed by atoms with Gasteiger partial charge in [0.25, 0.3) is 0 Å². The summed E-state index contributed by atoms with van der Waals surface area (Å²) < 4.78 is 5.49. The third-order valence-electron chi connectivity index (χ3n) is 6.21. The zero-order chi connectivity index (χ0) is 22.4. The second kappa shape index (κ2) is 8.70. The van der Waals surface area contributed by atoms with E-state index in [0.717, 1.165) is 29.5 Å². The number of aromatic nitrogens is 2. The van der Waals surface area contributed by atoms with Gasteiger partial charge in [-0.2, -0.15) is 0 Å². The Morgan fingerprint density at radius 2 is 2.25 bits per heavy atom. The fourth-order valence-electron chi connectivity index (χ4n) is 4.51. The average molecular weight is 490 g/mol. The summed E-state index contributed by atoms with van der Waals surface area (Å²) >= 11 is 12.4. The smallest absolute Gasteiger partial charge is 0.226 e. The van der Waals surface area contributed by atoms with Crippen LogP contribution in [0.5, 0.6) is 0 Å². The molecule has 3 N–H and O–H groups in total. The molecule has 1 aliphatic carbocycles. The van der Waals surface area contributed by atoms with Gasteiger partial charge in [0.2, 0.25) is 5.91 Å². The number of nitrogen functional groups attached to an aromatic ring is 1. The van der Waals surface area contributed by atoms with Gasteiger partial charge in [-0.15, -0.1) is 24.0 Å². The Kier molecular flexibility index (Phi) is 5.92. The van der Waals surface area contributed by atoms with Gasteiger partial charge in [-0.05, 0) is 43.9 Å². The lowest BCUT2D eigenvalue weighted by atomic mass is 9.86. The molecule has 5 rings (SSSR count). The number of anilines is 3. The Labute approximate surface area is 200 Å². The number of nitrogens with one attached hydrogen (secondary N) is 1. The number of carbonyl (C=O) groups is 1. The van der Waals surface area contributed by atoms with Gasteiger partial charge in [0.15, 0.2) is 0 Å². The fraction of sp³-hybridized carbons (Fsp3) is 0.409. The number of nitrogens with two attached hydrogens (primary N) is 1. The maximum atomic E-state index is 13.2. The van der Waals surface area contributed by atoms with Crippen molar-refractivity contribution in [3.8, 4) is 0 Å². The van der Waals surface area contributed by atoms with Crippen LogP contribution in [-0.2, 0) is 22.4 Å². The predicted octanol–water partition coefficient (Wildman–Crippen LogP) is 4.31. The molecule has 3 aromatic rings.